The van der Waals surface area contributed by atoms with E-state index in [1.165, 1.54) is 23.8 Å². The fourth-order valence-electron chi connectivity index (χ4n) is 3.77. The number of hydrogen-bond acceptors (Lipinski definition) is 5. The molecule has 0 aliphatic carbocycles. The molecule has 1 aliphatic rings. The van der Waals surface area contributed by atoms with E-state index in [0.717, 1.165) is 12.8 Å². The Balaban J connectivity index is 1.45. The van der Waals surface area contributed by atoms with Gasteiger partial charge >= 0.3 is 0 Å². The highest BCUT2D eigenvalue weighted by Crippen LogP contribution is 2.16. The smallest absolute Gasteiger partial charge is 0.241 e. The molecule has 3 rings (SSSR count). The summed E-state index contributed by atoms with van der Waals surface area (Å²) in [5, 5.41) is 7.90. The fourth-order valence-corrected chi connectivity index (χ4v) is 4.33. The number of anilines is 1. The molecule has 0 radical (unpaired) electrons. The van der Waals surface area contributed by atoms with Crippen LogP contribution in [0.15, 0.2) is 59.5 Å². The maximum atomic E-state index is 12.7. The van der Waals surface area contributed by atoms with Crippen LogP contribution in [0.25, 0.3) is 0 Å². The van der Waals surface area contributed by atoms with Gasteiger partial charge in [-0.1, -0.05) is 36.4 Å². The first-order chi connectivity index (χ1) is 15.2. The molecule has 1 fully saturated rings. The van der Waals surface area contributed by atoms with Crippen molar-refractivity contribution < 1.29 is 18.0 Å². The standard InChI is InChI=1S/C23H30N4O4S/c1-18(23(29)25-20-10-6-11-21(17-20)32(24,30)31)26-13-15-27(16-14-26)22(28)12-5-9-19-7-3-2-4-8-19/h2-4,6-8,10-11,17-18H,5,9,12-16H2,1H3,(H,25,29)(H2,24,30,31). The maximum absolute atomic E-state index is 12.7. The molecule has 172 valence electrons. The number of carbonyl (C=O) groups is 2. The zero-order valence-corrected chi connectivity index (χ0v) is 19.1. The quantitative estimate of drug-likeness (QED) is 0.627. The average molecular weight is 459 g/mol. The minimum absolute atomic E-state index is 0.0534. The van der Waals surface area contributed by atoms with Crippen LogP contribution in [-0.4, -0.2) is 62.3 Å². The van der Waals surface area contributed by atoms with Gasteiger partial charge in [0.25, 0.3) is 0 Å². The number of rotatable bonds is 8. The van der Waals surface area contributed by atoms with Gasteiger partial charge in [0, 0.05) is 38.3 Å². The van der Waals surface area contributed by atoms with Crippen molar-refractivity contribution in [3.05, 3.63) is 60.2 Å². The molecule has 2 aromatic rings. The molecule has 0 spiro atoms. The van der Waals surface area contributed by atoms with E-state index in [9.17, 15) is 18.0 Å². The van der Waals surface area contributed by atoms with Crippen molar-refractivity contribution in [2.45, 2.75) is 37.1 Å². The van der Waals surface area contributed by atoms with Crippen LogP contribution >= 0.6 is 0 Å². The van der Waals surface area contributed by atoms with E-state index in [2.05, 4.69) is 17.4 Å². The Labute approximate surface area is 189 Å². The third kappa shape index (κ3) is 6.62. The van der Waals surface area contributed by atoms with Gasteiger partial charge in [-0.2, -0.15) is 0 Å². The van der Waals surface area contributed by atoms with E-state index in [-0.39, 0.29) is 16.7 Å². The van der Waals surface area contributed by atoms with Crippen molar-refractivity contribution in [2.24, 2.45) is 5.14 Å². The summed E-state index contributed by atoms with van der Waals surface area (Å²) in [6.45, 7) is 4.19. The lowest BCUT2D eigenvalue weighted by Crippen LogP contribution is -2.54. The summed E-state index contributed by atoms with van der Waals surface area (Å²) in [5.74, 6) is -0.0864. The SMILES string of the molecule is CC(C(=O)Nc1cccc(S(N)(=O)=O)c1)N1CCN(C(=O)CCCc2ccccc2)CC1. The molecule has 1 unspecified atom stereocenters. The van der Waals surface area contributed by atoms with Crippen molar-refractivity contribution in [1.29, 1.82) is 0 Å². The van der Waals surface area contributed by atoms with Crippen molar-refractivity contribution >= 4 is 27.5 Å². The highest BCUT2D eigenvalue weighted by atomic mass is 32.2. The van der Waals surface area contributed by atoms with Crippen molar-refractivity contribution in [1.82, 2.24) is 9.80 Å². The van der Waals surface area contributed by atoms with E-state index in [1.54, 1.807) is 13.0 Å². The van der Waals surface area contributed by atoms with Crippen LogP contribution < -0.4 is 10.5 Å². The molecular weight excluding hydrogens is 428 g/mol. The third-order valence-corrected chi connectivity index (χ3v) is 6.63. The molecule has 2 amide bonds. The van der Waals surface area contributed by atoms with Gasteiger partial charge in [0.05, 0.1) is 10.9 Å². The number of hydrogen-bond donors (Lipinski definition) is 2. The number of primary sulfonamides is 1. The molecule has 3 N–H and O–H groups in total. The first-order valence-electron chi connectivity index (χ1n) is 10.7. The molecule has 1 aliphatic heterocycles. The lowest BCUT2D eigenvalue weighted by Gasteiger charge is -2.37. The Bertz CT molecular complexity index is 1030. The Hall–Kier alpha value is -2.75. The van der Waals surface area contributed by atoms with E-state index in [0.29, 0.717) is 38.3 Å². The Morgan fingerprint density at radius 1 is 1.03 bits per heavy atom. The second-order valence-electron chi connectivity index (χ2n) is 7.99. The maximum Gasteiger partial charge on any atom is 0.241 e. The molecule has 0 saturated carbocycles. The fraction of sp³-hybridized carbons (Fsp3) is 0.391. The van der Waals surface area contributed by atoms with E-state index in [4.69, 9.17) is 5.14 Å². The number of nitrogens with one attached hydrogen (secondary N) is 1. The lowest BCUT2D eigenvalue weighted by molar-refractivity contribution is -0.133. The zero-order chi connectivity index (χ0) is 23.1. The Kier molecular flexibility index (Phi) is 8.00. The van der Waals surface area contributed by atoms with Gasteiger partial charge < -0.3 is 10.2 Å². The van der Waals surface area contributed by atoms with Crippen LogP contribution in [-0.2, 0) is 26.0 Å². The van der Waals surface area contributed by atoms with Crippen molar-refractivity contribution in [2.75, 3.05) is 31.5 Å². The number of nitrogens with two attached hydrogens (primary N) is 1. The monoisotopic (exact) mass is 458 g/mol. The van der Waals surface area contributed by atoms with Gasteiger partial charge in [0.2, 0.25) is 21.8 Å². The summed E-state index contributed by atoms with van der Waals surface area (Å²) >= 11 is 0. The Morgan fingerprint density at radius 3 is 2.38 bits per heavy atom. The van der Waals surface area contributed by atoms with Crippen LogP contribution in [0.3, 0.4) is 0 Å². The molecular formula is C23H30N4O4S. The van der Waals surface area contributed by atoms with Crippen LogP contribution in [0.5, 0.6) is 0 Å². The number of benzene rings is 2. The molecule has 8 nitrogen and oxygen atoms in total. The average Bonchev–Trinajstić information content (AvgIpc) is 2.79. The molecule has 32 heavy (non-hydrogen) atoms. The molecule has 1 heterocycles. The van der Waals surface area contributed by atoms with Gasteiger partial charge in [0.15, 0.2) is 0 Å². The first-order valence-corrected chi connectivity index (χ1v) is 12.3. The number of carbonyl (C=O) groups excluding carboxylic acids is 2. The normalized spacial score (nSPS) is 15.9. The minimum Gasteiger partial charge on any atom is -0.340 e. The molecule has 0 bridgehead atoms. The minimum atomic E-state index is -3.84. The number of piperazine rings is 1. The van der Waals surface area contributed by atoms with Gasteiger partial charge in [-0.15, -0.1) is 0 Å². The second-order valence-corrected chi connectivity index (χ2v) is 9.56. The van der Waals surface area contributed by atoms with E-state index < -0.39 is 16.1 Å². The van der Waals surface area contributed by atoms with Crippen LogP contribution in [0.1, 0.15) is 25.3 Å². The van der Waals surface area contributed by atoms with Crippen LogP contribution in [0.2, 0.25) is 0 Å². The molecule has 2 aromatic carbocycles. The summed E-state index contributed by atoms with van der Waals surface area (Å²) in [4.78, 5) is 29.0. The summed E-state index contributed by atoms with van der Waals surface area (Å²) in [6.07, 6.45) is 2.22. The van der Waals surface area contributed by atoms with E-state index >= 15 is 0 Å². The number of aryl methyl sites for hydroxylation is 1. The van der Waals surface area contributed by atoms with Gasteiger partial charge in [0.1, 0.15) is 0 Å². The number of amides is 2. The molecule has 1 saturated heterocycles. The number of sulfonamides is 1. The highest BCUT2D eigenvalue weighted by molar-refractivity contribution is 7.89. The van der Waals surface area contributed by atoms with Gasteiger partial charge in [-0.25, -0.2) is 13.6 Å². The third-order valence-electron chi connectivity index (χ3n) is 5.72. The van der Waals surface area contributed by atoms with Crippen LogP contribution in [0.4, 0.5) is 5.69 Å². The molecule has 9 heteroatoms. The lowest BCUT2D eigenvalue weighted by atomic mass is 10.1. The van der Waals surface area contributed by atoms with Crippen molar-refractivity contribution in [3.8, 4) is 0 Å². The summed E-state index contributed by atoms with van der Waals surface area (Å²) < 4.78 is 23.0. The summed E-state index contributed by atoms with van der Waals surface area (Å²) in [7, 11) is -3.84. The molecule has 1 atom stereocenters. The van der Waals surface area contributed by atoms with Crippen LogP contribution in [0, 0.1) is 0 Å². The predicted octanol–water partition coefficient (Wildman–Crippen LogP) is 1.83. The van der Waals surface area contributed by atoms with Crippen molar-refractivity contribution in [3.63, 3.8) is 0 Å². The molecule has 0 aromatic heterocycles. The largest absolute Gasteiger partial charge is 0.340 e. The second kappa shape index (κ2) is 10.7. The van der Waals surface area contributed by atoms with E-state index in [1.807, 2.05) is 28.0 Å². The highest BCUT2D eigenvalue weighted by Gasteiger charge is 2.27. The topological polar surface area (TPSA) is 113 Å². The van der Waals surface area contributed by atoms with Gasteiger partial charge in [-0.3, -0.25) is 14.5 Å². The Morgan fingerprint density at radius 2 is 1.72 bits per heavy atom. The zero-order valence-electron chi connectivity index (χ0n) is 18.2. The van der Waals surface area contributed by atoms with Gasteiger partial charge in [-0.05, 0) is 43.5 Å². The first kappa shape index (κ1) is 23.9. The summed E-state index contributed by atoms with van der Waals surface area (Å²) in [5.41, 5.74) is 1.61. The number of nitrogens with zero attached hydrogens (tertiary/aromatic N) is 2. The summed E-state index contributed by atoms with van der Waals surface area (Å²) in [6, 6.07) is 15.6. The predicted molar refractivity (Wildman–Crippen MR) is 123 cm³/mol.